The van der Waals surface area contributed by atoms with Crippen LogP contribution >= 0.6 is 0 Å². The number of nitrogens with one attached hydrogen (secondary N) is 1. The van der Waals surface area contributed by atoms with E-state index in [2.05, 4.69) is 53.0 Å². The molecule has 0 spiro atoms. The number of aryl methyl sites for hydroxylation is 3. The number of rotatable bonds is 6. The second kappa shape index (κ2) is 6.53. The molecule has 19 heavy (non-hydrogen) atoms. The molecule has 0 aliphatic carbocycles. The van der Waals surface area contributed by atoms with Gasteiger partial charge in [-0.2, -0.15) is 0 Å². The van der Waals surface area contributed by atoms with Crippen LogP contribution in [0.4, 0.5) is 0 Å². The maximum Gasteiger partial charge on any atom is 0.125 e. The molecule has 0 aliphatic rings. The average Bonchev–Trinajstić information content (AvgIpc) is 2.88. The zero-order valence-electron chi connectivity index (χ0n) is 12.1. The molecular formula is C16H23N3. The van der Waals surface area contributed by atoms with Crippen molar-refractivity contribution in [3.05, 3.63) is 53.6 Å². The van der Waals surface area contributed by atoms with E-state index in [9.17, 15) is 0 Å². The van der Waals surface area contributed by atoms with Crippen LogP contribution in [0.3, 0.4) is 0 Å². The van der Waals surface area contributed by atoms with Crippen molar-refractivity contribution in [2.45, 2.75) is 39.3 Å². The highest BCUT2D eigenvalue weighted by atomic mass is 15.1. The molecule has 0 fully saturated rings. The molecule has 102 valence electrons. The Hall–Kier alpha value is -1.61. The first-order valence-corrected chi connectivity index (χ1v) is 6.98. The lowest BCUT2D eigenvalue weighted by Crippen LogP contribution is -2.21. The first-order chi connectivity index (χ1) is 9.24. The summed E-state index contributed by atoms with van der Waals surface area (Å²) in [4.78, 5) is 4.49. The van der Waals surface area contributed by atoms with E-state index in [1.54, 1.807) is 0 Å². The molecule has 0 aliphatic heterocycles. The third kappa shape index (κ3) is 3.44. The van der Waals surface area contributed by atoms with Crippen LogP contribution in [0.25, 0.3) is 0 Å². The van der Waals surface area contributed by atoms with Gasteiger partial charge in [-0.1, -0.05) is 29.8 Å². The van der Waals surface area contributed by atoms with E-state index in [4.69, 9.17) is 0 Å². The molecule has 0 saturated heterocycles. The predicted molar refractivity (Wildman–Crippen MR) is 79.2 cm³/mol. The molecule has 1 unspecified atom stereocenters. The maximum atomic E-state index is 4.49. The van der Waals surface area contributed by atoms with Gasteiger partial charge in [-0.05, 0) is 39.3 Å². The molecule has 3 heteroatoms. The number of benzene rings is 1. The van der Waals surface area contributed by atoms with Crippen LogP contribution in [0, 0.1) is 6.92 Å². The van der Waals surface area contributed by atoms with E-state index in [1.165, 1.54) is 11.1 Å². The summed E-state index contributed by atoms with van der Waals surface area (Å²) in [5.74, 6) is 1.14. The fraction of sp³-hybridized carbons (Fsp3) is 0.438. The molecule has 2 rings (SSSR count). The molecule has 3 nitrogen and oxygen atoms in total. The Morgan fingerprint density at radius 1 is 1.37 bits per heavy atom. The van der Waals surface area contributed by atoms with Crippen LogP contribution in [0.5, 0.6) is 0 Å². The zero-order chi connectivity index (χ0) is 13.7. The minimum Gasteiger partial charge on any atom is -0.334 e. The molecule has 0 bridgehead atoms. The van der Waals surface area contributed by atoms with Crippen LogP contribution in [0.1, 0.15) is 36.3 Å². The Balaban J connectivity index is 2.04. The van der Waals surface area contributed by atoms with Crippen molar-refractivity contribution in [2.24, 2.45) is 0 Å². The third-order valence-electron chi connectivity index (χ3n) is 3.55. The summed E-state index contributed by atoms with van der Waals surface area (Å²) >= 11 is 0. The minimum absolute atomic E-state index is 0.315. The number of hydrogen-bond donors (Lipinski definition) is 1. The van der Waals surface area contributed by atoms with Gasteiger partial charge in [-0.3, -0.25) is 0 Å². The van der Waals surface area contributed by atoms with Crippen LogP contribution in [-0.2, 0) is 13.0 Å². The monoisotopic (exact) mass is 257 g/mol. The minimum atomic E-state index is 0.315. The van der Waals surface area contributed by atoms with E-state index in [1.807, 2.05) is 19.4 Å². The van der Waals surface area contributed by atoms with Crippen LogP contribution in [-0.4, -0.2) is 16.6 Å². The molecule has 2 aromatic rings. The summed E-state index contributed by atoms with van der Waals surface area (Å²) in [7, 11) is 2.01. The maximum absolute atomic E-state index is 4.49. The summed E-state index contributed by atoms with van der Waals surface area (Å²) in [6.07, 6.45) is 6.07. The molecule has 0 radical (unpaired) electrons. The van der Waals surface area contributed by atoms with Crippen LogP contribution < -0.4 is 5.32 Å². The van der Waals surface area contributed by atoms with Gasteiger partial charge in [-0.15, -0.1) is 0 Å². The van der Waals surface area contributed by atoms with E-state index in [0.717, 1.165) is 25.2 Å². The lowest BCUT2D eigenvalue weighted by Gasteiger charge is -2.17. The van der Waals surface area contributed by atoms with Crippen molar-refractivity contribution in [3.8, 4) is 0 Å². The summed E-state index contributed by atoms with van der Waals surface area (Å²) in [5.41, 5.74) is 2.73. The Kier molecular flexibility index (Phi) is 4.74. The second-order valence-electron chi connectivity index (χ2n) is 4.94. The molecule has 1 N–H and O–H groups in total. The SMILES string of the molecule is CCn1ccnc1C(CCc1cccc(C)c1)NC. The molecule has 1 atom stereocenters. The summed E-state index contributed by atoms with van der Waals surface area (Å²) in [6.45, 7) is 5.26. The molecule has 0 saturated carbocycles. The number of aromatic nitrogens is 2. The Labute approximate surface area is 115 Å². The second-order valence-corrected chi connectivity index (χ2v) is 4.94. The standard InChI is InChI=1S/C16H23N3/c1-4-19-11-10-18-16(19)15(17-3)9-8-14-7-5-6-13(2)12-14/h5-7,10-12,15,17H,4,8-9H2,1-3H3. The smallest absolute Gasteiger partial charge is 0.125 e. The van der Waals surface area contributed by atoms with Gasteiger partial charge in [0.2, 0.25) is 0 Å². The fourth-order valence-electron chi connectivity index (χ4n) is 2.48. The van der Waals surface area contributed by atoms with Gasteiger partial charge >= 0.3 is 0 Å². The summed E-state index contributed by atoms with van der Waals surface area (Å²) in [6, 6.07) is 9.05. The first-order valence-electron chi connectivity index (χ1n) is 6.98. The van der Waals surface area contributed by atoms with Crippen molar-refractivity contribution >= 4 is 0 Å². The lowest BCUT2D eigenvalue weighted by molar-refractivity contribution is 0.494. The van der Waals surface area contributed by atoms with E-state index >= 15 is 0 Å². The highest BCUT2D eigenvalue weighted by Crippen LogP contribution is 2.18. The van der Waals surface area contributed by atoms with E-state index in [0.29, 0.717) is 6.04 Å². The van der Waals surface area contributed by atoms with Crippen LogP contribution in [0.15, 0.2) is 36.7 Å². The Morgan fingerprint density at radius 3 is 2.89 bits per heavy atom. The van der Waals surface area contributed by atoms with Gasteiger partial charge in [0.05, 0.1) is 6.04 Å². The number of nitrogens with zero attached hydrogens (tertiary/aromatic N) is 2. The summed E-state index contributed by atoms with van der Waals surface area (Å²) < 4.78 is 2.21. The van der Waals surface area contributed by atoms with Gasteiger partial charge in [0, 0.05) is 18.9 Å². The molecule has 1 aromatic heterocycles. The van der Waals surface area contributed by atoms with Crippen molar-refractivity contribution in [2.75, 3.05) is 7.05 Å². The normalized spacial score (nSPS) is 12.6. The Bertz CT molecular complexity index is 516. The first kappa shape index (κ1) is 13.8. The van der Waals surface area contributed by atoms with Gasteiger partial charge in [0.25, 0.3) is 0 Å². The van der Waals surface area contributed by atoms with E-state index < -0.39 is 0 Å². The van der Waals surface area contributed by atoms with Gasteiger partial charge in [-0.25, -0.2) is 4.98 Å². The quantitative estimate of drug-likeness (QED) is 0.861. The van der Waals surface area contributed by atoms with Crippen molar-refractivity contribution in [1.82, 2.24) is 14.9 Å². The van der Waals surface area contributed by atoms with Gasteiger partial charge < -0.3 is 9.88 Å². The number of imidazole rings is 1. The van der Waals surface area contributed by atoms with Crippen molar-refractivity contribution < 1.29 is 0 Å². The molecular weight excluding hydrogens is 234 g/mol. The lowest BCUT2D eigenvalue weighted by atomic mass is 10.0. The topological polar surface area (TPSA) is 29.9 Å². The molecule has 0 amide bonds. The predicted octanol–water partition coefficient (Wildman–Crippen LogP) is 3.10. The van der Waals surface area contributed by atoms with Crippen molar-refractivity contribution in [1.29, 1.82) is 0 Å². The van der Waals surface area contributed by atoms with Crippen molar-refractivity contribution in [3.63, 3.8) is 0 Å². The van der Waals surface area contributed by atoms with Crippen LogP contribution in [0.2, 0.25) is 0 Å². The number of hydrogen-bond acceptors (Lipinski definition) is 2. The summed E-state index contributed by atoms with van der Waals surface area (Å²) in [5, 5.41) is 3.38. The van der Waals surface area contributed by atoms with E-state index in [-0.39, 0.29) is 0 Å². The highest BCUT2D eigenvalue weighted by molar-refractivity contribution is 5.22. The van der Waals surface area contributed by atoms with Gasteiger partial charge in [0.15, 0.2) is 0 Å². The highest BCUT2D eigenvalue weighted by Gasteiger charge is 2.14. The Morgan fingerprint density at radius 2 is 2.21 bits per heavy atom. The fourth-order valence-corrected chi connectivity index (χ4v) is 2.48. The molecule has 1 aromatic carbocycles. The third-order valence-corrected chi connectivity index (χ3v) is 3.55. The molecule has 1 heterocycles. The zero-order valence-corrected chi connectivity index (χ0v) is 12.1. The average molecular weight is 257 g/mol. The largest absolute Gasteiger partial charge is 0.334 e. The van der Waals surface area contributed by atoms with Gasteiger partial charge in [0.1, 0.15) is 5.82 Å².